The van der Waals surface area contributed by atoms with E-state index in [4.69, 9.17) is 10.5 Å². The zero-order valence-electron chi connectivity index (χ0n) is 11.6. The average Bonchev–Trinajstić information content (AvgIpc) is 3.00. The highest BCUT2D eigenvalue weighted by Crippen LogP contribution is 2.40. The molecule has 1 aliphatic rings. The molecule has 0 amide bonds. The molecule has 3 rings (SSSR count). The highest BCUT2D eigenvalue weighted by atomic mass is 16.5. The Hall–Kier alpha value is -1.71. The van der Waals surface area contributed by atoms with Crippen molar-refractivity contribution in [2.24, 2.45) is 11.8 Å². The molecule has 0 radical (unpaired) electrons. The van der Waals surface area contributed by atoms with Gasteiger partial charge in [-0.15, -0.1) is 0 Å². The second kappa shape index (κ2) is 4.76. The molecular weight excluding hydrogens is 238 g/mol. The van der Waals surface area contributed by atoms with Gasteiger partial charge in [-0.05, 0) is 36.8 Å². The molecular formula is C15H21N3O. The van der Waals surface area contributed by atoms with Gasteiger partial charge in [-0.1, -0.05) is 19.9 Å². The molecule has 2 unspecified atom stereocenters. The predicted molar refractivity (Wildman–Crippen MR) is 77.2 cm³/mol. The van der Waals surface area contributed by atoms with E-state index in [1.165, 1.54) is 6.42 Å². The van der Waals surface area contributed by atoms with Crippen molar-refractivity contribution in [1.82, 2.24) is 9.55 Å². The van der Waals surface area contributed by atoms with E-state index in [0.717, 1.165) is 41.6 Å². The monoisotopic (exact) mass is 259 g/mol. The van der Waals surface area contributed by atoms with Crippen molar-refractivity contribution in [3.8, 4) is 5.75 Å². The Kier molecular flexibility index (Phi) is 3.09. The molecule has 2 aromatic rings. The van der Waals surface area contributed by atoms with E-state index < -0.39 is 0 Å². The maximum Gasteiger partial charge on any atom is 0.201 e. The second-order valence-corrected chi connectivity index (χ2v) is 5.53. The van der Waals surface area contributed by atoms with Crippen molar-refractivity contribution in [2.45, 2.75) is 33.2 Å². The number of benzene rings is 1. The van der Waals surface area contributed by atoms with E-state index in [-0.39, 0.29) is 0 Å². The van der Waals surface area contributed by atoms with Crippen LogP contribution in [0, 0.1) is 11.8 Å². The molecule has 0 aliphatic heterocycles. The topological polar surface area (TPSA) is 53.1 Å². The fraction of sp³-hybridized carbons (Fsp3) is 0.533. The van der Waals surface area contributed by atoms with Gasteiger partial charge in [-0.25, -0.2) is 4.98 Å². The smallest absolute Gasteiger partial charge is 0.201 e. The van der Waals surface area contributed by atoms with Gasteiger partial charge in [-0.2, -0.15) is 0 Å². The summed E-state index contributed by atoms with van der Waals surface area (Å²) in [5.41, 5.74) is 8.05. The van der Waals surface area contributed by atoms with Crippen LogP contribution < -0.4 is 10.5 Å². The van der Waals surface area contributed by atoms with Crippen LogP contribution in [0.15, 0.2) is 18.2 Å². The van der Waals surface area contributed by atoms with E-state index in [9.17, 15) is 0 Å². The number of aromatic nitrogens is 2. The first-order valence-electron chi connectivity index (χ1n) is 7.08. The van der Waals surface area contributed by atoms with Crippen molar-refractivity contribution in [2.75, 3.05) is 12.3 Å². The van der Waals surface area contributed by atoms with Crippen molar-refractivity contribution in [1.29, 1.82) is 0 Å². The molecule has 1 fully saturated rings. The highest BCUT2D eigenvalue weighted by molar-refractivity contribution is 5.84. The third-order valence-corrected chi connectivity index (χ3v) is 3.93. The Morgan fingerprint density at radius 1 is 1.47 bits per heavy atom. The molecule has 1 aromatic carbocycles. The molecule has 102 valence electrons. The third-order valence-electron chi connectivity index (χ3n) is 3.93. The van der Waals surface area contributed by atoms with Crippen LogP contribution in [-0.4, -0.2) is 16.2 Å². The number of fused-ring (bicyclic) bond motifs is 1. The largest absolute Gasteiger partial charge is 0.491 e. The molecule has 1 saturated carbocycles. The molecule has 2 N–H and O–H groups in total. The first-order valence-corrected chi connectivity index (χ1v) is 7.08. The molecule has 0 saturated heterocycles. The third kappa shape index (κ3) is 2.27. The summed E-state index contributed by atoms with van der Waals surface area (Å²) >= 11 is 0. The summed E-state index contributed by atoms with van der Waals surface area (Å²) in [5, 5.41) is 0. The number of ether oxygens (including phenoxy) is 1. The molecule has 2 atom stereocenters. The van der Waals surface area contributed by atoms with Gasteiger partial charge in [0.2, 0.25) is 5.95 Å². The average molecular weight is 259 g/mol. The molecule has 19 heavy (non-hydrogen) atoms. The van der Waals surface area contributed by atoms with Crippen molar-refractivity contribution < 1.29 is 4.74 Å². The fourth-order valence-corrected chi connectivity index (χ4v) is 2.55. The van der Waals surface area contributed by atoms with Crippen LogP contribution in [0.25, 0.3) is 11.0 Å². The Morgan fingerprint density at radius 3 is 2.95 bits per heavy atom. The van der Waals surface area contributed by atoms with Crippen molar-refractivity contribution in [3.63, 3.8) is 0 Å². The lowest BCUT2D eigenvalue weighted by Crippen LogP contribution is -2.05. The predicted octanol–water partition coefficient (Wildman–Crippen LogP) is 3.06. The first kappa shape index (κ1) is 12.3. The van der Waals surface area contributed by atoms with Gasteiger partial charge in [0, 0.05) is 6.54 Å². The lowest BCUT2D eigenvalue weighted by molar-refractivity contribution is 0.320. The highest BCUT2D eigenvalue weighted by Gasteiger charge is 2.33. The zero-order chi connectivity index (χ0) is 13.4. The second-order valence-electron chi connectivity index (χ2n) is 5.53. The van der Waals surface area contributed by atoms with E-state index in [2.05, 4.69) is 29.5 Å². The maximum atomic E-state index is 6.07. The van der Waals surface area contributed by atoms with E-state index in [0.29, 0.717) is 12.6 Å². The summed E-state index contributed by atoms with van der Waals surface area (Å²) < 4.78 is 7.87. The molecule has 1 aromatic heterocycles. The maximum absolute atomic E-state index is 6.07. The summed E-state index contributed by atoms with van der Waals surface area (Å²) in [6.45, 7) is 6.07. The number of nitrogen functional groups attached to an aromatic ring is 1. The minimum atomic E-state index is 0.599. The number of rotatable bonds is 5. The van der Waals surface area contributed by atoms with Gasteiger partial charge in [0.1, 0.15) is 11.3 Å². The Bertz CT molecular complexity index is 590. The number of imidazole rings is 1. The molecule has 1 heterocycles. The van der Waals surface area contributed by atoms with Crippen LogP contribution in [0.1, 0.15) is 26.7 Å². The molecule has 1 aliphatic carbocycles. The summed E-state index contributed by atoms with van der Waals surface area (Å²) in [4.78, 5) is 4.49. The zero-order valence-corrected chi connectivity index (χ0v) is 11.6. The summed E-state index contributed by atoms with van der Waals surface area (Å²) in [6, 6.07) is 6.06. The van der Waals surface area contributed by atoms with Gasteiger partial charge >= 0.3 is 0 Å². The van der Waals surface area contributed by atoms with Gasteiger partial charge in [0.05, 0.1) is 12.1 Å². The van der Waals surface area contributed by atoms with Crippen LogP contribution in [0.2, 0.25) is 0 Å². The Morgan fingerprint density at radius 2 is 2.26 bits per heavy atom. The molecule has 4 heteroatoms. The lowest BCUT2D eigenvalue weighted by atomic mass is 10.2. The molecule has 0 spiro atoms. The van der Waals surface area contributed by atoms with E-state index >= 15 is 0 Å². The van der Waals surface area contributed by atoms with Gasteiger partial charge < -0.3 is 15.0 Å². The van der Waals surface area contributed by atoms with Crippen LogP contribution in [-0.2, 0) is 6.54 Å². The van der Waals surface area contributed by atoms with Gasteiger partial charge in [-0.3, -0.25) is 0 Å². The summed E-state index contributed by atoms with van der Waals surface area (Å²) in [5.74, 6) is 3.01. The van der Waals surface area contributed by atoms with Crippen LogP contribution >= 0.6 is 0 Å². The Balaban J connectivity index is 1.96. The minimum Gasteiger partial charge on any atom is -0.491 e. The van der Waals surface area contributed by atoms with Crippen LogP contribution in [0.4, 0.5) is 5.95 Å². The summed E-state index contributed by atoms with van der Waals surface area (Å²) in [7, 11) is 0. The number of nitrogens with two attached hydrogens (primary N) is 1. The fourth-order valence-electron chi connectivity index (χ4n) is 2.55. The van der Waals surface area contributed by atoms with Crippen LogP contribution in [0.3, 0.4) is 0 Å². The molecule has 0 bridgehead atoms. The Labute approximate surface area is 113 Å². The number of hydrogen-bond acceptors (Lipinski definition) is 3. The van der Waals surface area contributed by atoms with Crippen LogP contribution in [0.5, 0.6) is 5.75 Å². The quantitative estimate of drug-likeness (QED) is 0.897. The number of nitrogens with zero attached hydrogens (tertiary/aromatic N) is 2. The SMILES string of the molecule is CCCOc1cccc2c1nc(N)n2CC1CC1C. The number of hydrogen-bond donors (Lipinski definition) is 1. The standard InChI is InChI=1S/C15H21N3O/c1-3-7-19-13-6-4-5-12-14(13)17-15(16)18(12)9-11-8-10(11)2/h4-6,10-11H,3,7-9H2,1-2H3,(H2,16,17). The van der Waals surface area contributed by atoms with E-state index in [1.54, 1.807) is 0 Å². The minimum absolute atomic E-state index is 0.599. The van der Waals surface area contributed by atoms with Gasteiger partial charge in [0.25, 0.3) is 0 Å². The lowest BCUT2D eigenvalue weighted by Gasteiger charge is -2.07. The van der Waals surface area contributed by atoms with Gasteiger partial charge in [0.15, 0.2) is 0 Å². The van der Waals surface area contributed by atoms with Crippen molar-refractivity contribution >= 4 is 17.0 Å². The molecule has 4 nitrogen and oxygen atoms in total. The normalized spacial score (nSPS) is 21.8. The van der Waals surface area contributed by atoms with E-state index in [1.807, 2.05) is 12.1 Å². The van der Waals surface area contributed by atoms with Crippen molar-refractivity contribution in [3.05, 3.63) is 18.2 Å². The number of para-hydroxylation sites is 1. The number of anilines is 1. The first-order chi connectivity index (χ1) is 9.20. The summed E-state index contributed by atoms with van der Waals surface area (Å²) in [6.07, 6.45) is 2.29.